The van der Waals surface area contributed by atoms with E-state index in [1.807, 2.05) is 6.92 Å². The molecule has 3 atom stereocenters. The van der Waals surface area contributed by atoms with Crippen LogP contribution in [0.4, 0.5) is 0 Å². The number of carboxylic acids is 1. The maximum atomic E-state index is 10.9. The molecule has 3 nitrogen and oxygen atoms in total. The van der Waals surface area contributed by atoms with Crippen molar-refractivity contribution < 1.29 is 9.90 Å². The second kappa shape index (κ2) is 8.57. The normalized spacial score (nSPS) is 16.8. The van der Waals surface area contributed by atoms with Crippen molar-refractivity contribution in [3.05, 3.63) is 0 Å². The van der Waals surface area contributed by atoms with Crippen molar-refractivity contribution in [2.24, 2.45) is 5.92 Å². The van der Waals surface area contributed by atoms with E-state index in [1.165, 1.54) is 12.8 Å². The van der Waals surface area contributed by atoms with Gasteiger partial charge in [-0.3, -0.25) is 4.79 Å². The van der Waals surface area contributed by atoms with E-state index in [4.69, 9.17) is 5.11 Å². The smallest absolute Gasteiger partial charge is 0.307 e. The standard InChI is InChI=1S/C13H27NO2/c1-5-7-9-12(8-6-2)14-11(4)10(3)13(15)16/h10-12,14H,5-9H2,1-4H3,(H,15,16). The summed E-state index contributed by atoms with van der Waals surface area (Å²) in [5, 5.41) is 12.4. The van der Waals surface area contributed by atoms with Crippen molar-refractivity contribution in [2.75, 3.05) is 0 Å². The molecule has 0 saturated carbocycles. The lowest BCUT2D eigenvalue weighted by molar-refractivity contribution is -0.142. The van der Waals surface area contributed by atoms with Gasteiger partial charge in [0, 0.05) is 12.1 Å². The van der Waals surface area contributed by atoms with Crippen LogP contribution in [0.2, 0.25) is 0 Å². The maximum Gasteiger partial charge on any atom is 0.307 e. The molecule has 0 heterocycles. The highest BCUT2D eigenvalue weighted by atomic mass is 16.4. The predicted molar refractivity (Wildman–Crippen MR) is 67.6 cm³/mol. The van der Waals surface area contributed by atoms with Crippen molar-refractivity contribution in [3.63, 3.8) is 0 Å². The molecule has 0 spiro atoms. The van der Waals surface area contributed by atoms with Crippen LogP contribution in [0.3, 0.4) is 0 Å². The van der Waals surface area contributed by atoms with Crippen LogP contribution in [0.25, 0.3) is 0 Å². The molecule has 2 N–H and O–H groups in total. The van der Waals surface area contributed by atoms with E-state index < -0.39 is 5.97 Å². The van der Waals surface area contributed by atoms with Gasteiger partial charge in [-0.15, -0.1) is 0 Å². The average molecular weight is 229 g/mol. The summed E-state index contributed by atoms with van der Waals surface area (Å²) in [5.41, 5.74) is 0. The summed E-state index contributed by atoms with van der Waals surface area (Å²) in [6.45, 7) is 8.09. The molecule has 0 aliphatic rings. The Hall–Kier alpha value is -0.570. The summed E-state index contributed by atoms with van der Waals surface area (Å²) in [5.74, 6) is -1.04. The monoisotopic (exact) mass is 229 g/mol. The minimum atomic E-state index is -0.717. The lowest BCUT2D eigenvalue weighted by Gasteiger charge is -2.25. The fourth-order valence-electron chi connectivity index (χ4n) is 1.84. The molecule has 96 valence electrons. The number of unbranched alkanes of at least 4 members (excludes halogenated alkanes) is 1. The third kappa shape index (κ3) is 6.11. The first-order valence-corrected chi connectivity index (χ1v) is 6.51. The third-order valence-electron chi connectivity index (χ3n) is 3.18. The Kier molecular flexibility index (Phi) is 8.26. The highest BCUT2D eigenvalue weighted by Gasteiger charge is 2.21. The zero-order valence-corrected chi connectivity index (χ0v) is 11.1. The molecule has 3 unspecified atom stereocenters. The van der Waals surface area contributed by atoms with Gasteiger partial charge < -0.3 is 10.4 Å². The van der Waals surface area contributed by atoms with Gasteiger partial charge in [-0.1, -0.05) is 40.0 Å². The lowest BCUT2D eigenvalue weighted by atomic mass is 9.99. The molecule has 0 fully saturated rings. The number of nitrogens with one attached hydrogen (secondary N) is 1. The van der Waals surface area contributed by atoms with Crippen LogP contribution in [0.15, 0.2) is 0 Å². The third-order valence-corrected chi connectivity index (χ3v) is 3.18. The predicted octanol–water partition coefficient (Wildman–Crippen LogP) is 3.04. The van der Waals surface area contributed by atoms with Crippen LogP contribution < -0.4 is 5.32 Å². The van der Waals surface area contributed by atoms with Gasteiger partial charge in [-0.2, -0.15) is 0 Å². The summed E-state index contributed by atoms with van der Waals surface area (Å²) in [4.78, 5) is 10.9. The highest BCUT2D eigenvalue weighted by Crippen LogP contribution is 2.11. The Balaban J connectivity index is 4.10. The van der Waals surface area contributed by atoms with Crippen LogP contribution >= 0.6 is 0 Å². The minimum Gasteiger partial charge on any atom is -0.481 e. The SMILES string of the molecule is CCCCC(CCC)NC(C)C(C)C(=O)O. The van der Waals surface area contributed by atoms with E-state index in [0.29, 0.717) is 6.04 Å². The van der Waals surface area contributed by atoms with Gasteiger partial charge >= 0.3 is 5.97 Å². The van der Waals surface area contributed by atoms with E-state index in [2.05, 4.69) is 19.2 Å². The van der Waals surface area contributed by atoms with Gasteiger partial charge in [-0.05, 0) is 19.8 Å². The van der Waals surface area contributed by atoms with Crippen LogP contribution in [0.5, 0.6) is 0 Å². The van der Waals surface area contributed by atoms with Gasteiger partial charge in [0.1, 0.15) is 0 Å². The van der Waals surface area contributed by atoms with Gasteiger partial charge in [0.2, 0.25) is 0 Å². The number of aliphatic carboxylic acids is 1. The molecule has 0 aromatic heterocycles. The number of hydrogen-bond donors (Lipinski definition) is 2. The van der Waals surface area contributed by atoms with Crippen molar-refractivity contribution in [1.82, 2.24) is 5.32 Å². The van der Waals surface area contributed by atoms with Crippen LogP contribution in [-0.2, 0) is 4.79 Å². The topological polar surface area (TPSA) is 49.3 Å². The maximum absolute atomic E-state index is 10.9. The average Bonchev–Trinajstić information content (AvgIpc) is 2.24. The summed E-state index contributed by atoms with van der Waals surface area (Å²) >= 11 is 0. The lowest BCUT2D eigenvalue weighted by Crippen LogP contribution is -2.42. The van der Waals surface area contributed by atoms with Gasteiger partial charge in [-0.25, -0.2) is 0 Å². The largest absolute Gasteiger partial charge is 0.481 e. The first kappa shape index (κ1) is 15.4. The Morgan fingerprint density at radius 2 is 1.81 bits per heavy atom. The molecule has 0 aromatic rings. The van der Waals surface area contributed by atoms with Gasteiger partial charge in [0.25, 0.3) is 0 Å². The molecule has 0 saturated heterocycles. The second-order valence-corrected chi connectivity index (χ2v) is 4.71. The van der Waals surface area contributed by atoms with Crippen molar-refractivity contribution in [1.29, 1.82) is 0 Å². The zero-order valence-electron chi connectivity index (χ0n) is 11.1. The Morgan fingerprint density at radius 1 is 1.19 bits per heavy atom. The molecule has 3 heteroatoms. The molecular formula is C13H27NO2. The van der Waals surface area contributed by atoms with Gasteiger partial charge in [0.15, 0.2) is 0 Å². The van der Waals surface area contributed by atoms with Crippen molar-refractivity contribution in [2.45, 2.75) is 71.9 Å². The molecule has 0 aliphatic carbocycles. The quantitative estimate of drug-likeness (QED) is 0.639. The summed E-state index contributed by atoms with van der Waals surface area (Å²) in [6.07, 6.45) is 5.85. The summed E-state index contributed by atoms with van der Waals surface area (Å²) in [6, 6.07) is 0.521. The number of hydrogen-bond acceptors (Lipinski definition) is 2. The Morgan fingerprint density at radius 3 is 2.25 bits per heavy atom. The molecule has 16 heavy (non-hydrogen) atoms. The van der Waals surface area contributed by atoms with E-state index in [-0.39, 0.29) is 12.0 Å². The second-order valence-electron chi connectivity index (χ2n) is 4.71. The minimum absolute atomic E-state index is 0.0471. The van der Waals surface area contributed by atoms with Gasteiger partial charge in [0.05, 0.1) is 5.92 Å². The van der Waals surface area contributed by atoms with Crippen LogP contribution in [0.1, 0.15) is 59.8 Å². The summed E-state index contributed by atoms with van der Waals surface area (Å²) in [7, 11) is 0. The molecule has 0 aromatic carbocycles. The molecule has 0 radical (unpaired) electrons. The molecule has 0 bridgehead atoms. The Bertz CT molecular complexity index is 194. The van der Waals surface area contributed by atoms with Crippen LogP contribution in [0, 0.1) is 5.92 Å². The first-order valence-electron chi connectivity index (χ1n) is 6.51. The fourth-order valence-corrected chi connectivity index (χ4v) is 1.84. The van der Waals surface area contributed by atoms with E-state index in [1.54, 1.807) is 6.92 Å². The van der Waals surface area contributed by atoms with E-state index >= 15 is 0 Å². The molecular weight excluding hydrogens is 202 g/mol. The van der Waals surface area contributed by atoms with Crippen molar-refractivity contribution >= 4 is 5.97 Å². The molecule has 0 amide bonds. The van der Waals surface area contributed by atoms with Crippen LogP contribution in [-0.4, -0.2) is 23.2 Å². The van der Waals surface area contributed by atoms with Crippen molar-refractivity contribution in [3.8, 4) is 0 Å². The first-order chi connectivity index (χ1) is 7.52. The highest BCUT2D eigenvalue weighted by molar-refractivity contribution is 5.70. The summed E-state index contributed by atoms with van der Waals surface area (Å²) < 4.78 is 0. The zero-order chi connectivity index (χ0) is 12.6. The number of rotatable bonds is 9. The molecule has 0 rings (SSSR count). The van der Waals surface area contributed by atoms with E-state index in [9.17, 15) is 4.79 Å². The van der Waals surface area contributed by atoms with E-state index in [0.717, 1.165) is 19.3 Å². The number of carbonyl (C=O) groups is 1. The molecule has 0 aliphatic heterocycles. The number of carboxylic acid groups (broad SMARTS) is 1. The fraction of sp³-hybridized carbons (Fsp3) is 0.923. The Labute approximate surface area is 99.6 Å².